The molecule has 0 radical (unpaired) electrons. The molecule has 0 unspecified atom stereocenters. The molecule has 2 nitrogen and oxygen atoms in total. The van der Waals surface area contributed by atoms with Gasteiger partial charge in [-0.05, 0) is 32.1 Å². The van der Waals surface area contributed by atoms with E-state index in [2.05, 4.69) is 25.7 Å². The van der Waals surface area contributed by atoms with E-state index in [0.717, 1.165) is 12.8 Å². The van der Waals surface area contributed by atoms with Crippen LogP contribution in [-0.4, -0.2) is 12.6 Å². The second-order valence-corrected chi connectivity index (χ2v) is 5.96. The number of allylic oxidation sites excluding steroid dienone is 2. The first-order chi connectivity index (χ1) is 10.8. The number of hydrogen-bond acceptors (Lipinski definition) is 2. The molecule has 0 amide bonds. The van der Waals surface area contributed by atoms with Crippen LogP contribution in [0.3, 0.4) is 0 Å². The smallest absolute Gasteiger partial charge is 0.330 e. The lowest BCUT2D eigenvalue weighted by Crippen LogP contribution is -2.01. The number of unbranched alkanes of at least 4 members (excludes halogenated alkanes) is 11. The van der Waals surface area contributed by atoms with Crippen LogP contribution < -0.4 is 0 Å². The van der Waals surface area contributed by atoms with Crippen molar-refractivity contribution in [2.24, 2.45) is 0 Å². The number of ether oxygens (including phenoxy) is 1. The van der Waals surface area contributed by atoms with E-state index in [1.165, 1.54) is 76.7 Å². The fourth-order valence-electron chi connectivity index (χ4n) is 2.40. The minimum Gasteiger partial charge on any atom is -0.463 e. The Morgan fingerprint density at radius 1 is 0.818 bits per heavy atom. The first kappa shape index (κ1) is 20.9. The van der Waals surface area contributed by atoms with Crippen LogP contribution in [0.15, 0.2) is 24.8 Å². The Kier molecular flexibility index (Phi) is 17.1. The van der Waals surface area contributed by atoms with Gasteiger partial charge in [0.2, 0.25) is 0 Å². The summed E-state index contributed by atoms with van der Waals surface area (Å²) in [5.74, 6) is -0.306. The second-order valence-electron chi connectivity index (χ2n) is 5.96. The number of esters is 1. The largest absolute Gasteiger partial charge is 0.463 e. The van der Waals surface area contributed by atoms with Gasteiger partial charge < -0.3 is 4.74 Å². The Morgan fingerprint density at radius 3 is 1.86 bits per heavy atom. The molecule has 0 aromatic rings. The van der Waals surface area contributed by atoms with Crippen molar-refractivity contribution in [3.63, 3.8) is 0 Å². The molecule has 0 aliphatic rings. The van der Waals surface area contributed by atoms with E-state index in [1.54, 1.807) is 0 Å². The van der Waals surface area contributed by atoms with Gasteiger partial charge in [0.1, 0.15) is 0 Å². The molecule has 0 N–H and O–H groups in total. The minimum absolute atomic E-state index is 0.306. The number of hydrogen-bond donors (Lipinski definition) is 0. The van der Waals surface area contributed by atoms with Gasteiger partial charge in [-0.1, -0.05) is 77.0 Å². The maximum absolute atomic E-state index is 10.8. The Labute approximate surface area is 138 Å². The summed E-state index contributed by atoms with van der Waals surface area (Å²) in [5, 5.41) is 0. The van der Waals surface area contributed by atoms with E-state index in [1.807, 2.05) is 0 Å². The van der Waals surface area contributed by atoms with Crippen molar-refractivity contribution in [1.29, 1.82) is 0 Å². The molecule has 0 aliphatic heterocycles. The molecule has 0 aromatic carbocycles. The van der Waals surface area contributed by atoms with Crippen LogP contribution in [-0.2, 0) is 9.53 Å². The van der Waals surface area contributed by atoms with Gasteiger partial charge in [0.05, 0.1) is 6.61 Å². The van der Waals surface area contributed by atoms with Crippen LogP contribution in [0.4, 0.5) is 0 Å². The van der Waals surface area contributed by atoms with Crippen molar-refractivity contribution in [2.75, 3.05) is 6.61 Å². The molecule has 0 heterocycles. The fourth-order valence-corrected chi connectivity index (χ4v) is 2.40. The first-order valence-electron chi connectivity index (χ1n) is 9.25. The number of carbonyl (C=O) groups is 1. The Hall–Kier alpha value is -1.05. The average molecular weight is 309 g/mol. The van der Waals surface area contributed by atoms with Crippen LogP contribution in [0.2, 0.25) is 0 Å². The number of rotatable bonds is 16. The highest BCUT2D eigenvalue weighted by molar-refractivity contribution is 5.81. The van der Waals surface area contributed by atoms with Crippen molar-refractivity contribution < 1.29 is 9.53 Å². The van der Waals surface area contributed by atoms with Gasteiger partial charge in [-0.2, -0.15) is 0 Å². The highest BCUT2D eigenvalue weighted by atomic mass is 16.5. The molecular formula is C20H36O2. The molecule has 2 heteroatoms. The zero-order chi connectivity index (χ0) is 16.3. The summed E-state index contributed by atoms with van der Waals surface area (Å²) in [5.41, 5.74) is 0. The lowest BCUT2D eigenvalue weighted by molar-refractivity contribution is -0.137. The summed E-state index contributed by atoms with van der Waals surface area (Å²) in [6, 6.07) is 0. The lowest BCUT2D eigenvalue weighted by Gasteiger charge is -2.03. The summed E-state index contributed by atoms with van der Waals surface area (Å²) in [6.07, 6.45) is 22.6. The molecule has 0 spiro atoms. The van der Waals surface area contributed by atoms with Gasteiger partial charge in [-0.25, -0.2) is 4.79 Å². The molecule has 0 atom stereocenters. The summed E-state index contributed by atoms with van der Waals surface area (Å²) < 4.78 is 4.94. The third-order valence-corrected chi connectivity index (χ3v) is 3.82. The van der Waals surface area contributed by atoms with Crippen LogP contribution in [0.5, 0.6) is 0 Å². The van der Waals surface area contributed by atoms with Crippen molar-refractivity contribution in [2.45, 2.75) is 90.4 Å². The molecule has 22 heavy (non-hydrogen) atoms. The normalized spacial score (nSPS) is 11.0. The Bertz CT molecular complexity index is 281. The predicted molar refractivity (Wildman–Crippen MR) is 96.0 cm³/mol. The van der Waals surface area contributed by atoms with E-state index in [9.17, 15) is 4.79 Å². The third kappa shape index (κ3) is 17.0. The van der Waals surface area contributed by atoms with E-state index < -0.39 is 0 Å². The van der Waals surface area contributed by atoms with Gasteiger partial charge in [-0.15, -0.1) is 0 Å². The van der Waals surface area contributed by atoms with E-state index in [-0.39, 0.29) is 5.97 Å². The van der Waals surface area contributed by atoms with E-state index in [0.29, 0.717) is 6.61 Å². The Balaban J connectivity index is 3.08. The minimum atomic E-state index is -0.306. The summed E-state index contributed by atoms with van der Waals surface area (Å²) in [7, 11) is 0. The monoisotopic (exact) mass is 308 g/mol. The zero-order valence-corrected chi connectivity index (χ0v) is 14.7. The molecule has 128 valence electrons. The van der Waals surface area contributed by atoms with Crippen molar-refractivity contribution in [1.82, 2.24) is 0 Å². The molecular weight excluding hydrogens is 272 g/mol. The molecule has 0 saturated heterocycles. The highest BCUT2D eigenvalue weighted by Crippen LogP contribution is 2.10. The molecule has 0 rings (SSSR count). The maximum Gasteiger partial charge on any atom is 0.330 e. The van der Waals surface area contributed by atoms with Crippen molar-refractivity contribution in [3.05, 3.63) is 24.8 Å². The van der Waals surface area contributed by atoms with Gasteiger partial charge in [0, 0.05) is 6.08 Å². The van der Waals surface area contributed by atoms with E-state index in [4.69, 9.17) is 4.74 Å². The van der Waals surface area contributed by atoms with Crippen LogP contribution in [0.25, 0.3) is 0 Å². The van der Waals surface area contributed by atoms with Crippen LogP contribution in [0, 0.1) is 0 Å². The van der Waals surface area contributed by atoms with Gasteiger partial charge in [0.15, 0.2) is 0 Å². The predicted octanol–water partition coefficient (Wildman–Crippen LogP) is 6.36. The van der Waals surface area contributed by atoms with Gasteiger partial charge in [-0.3, -0.25) is 0 Å². The fraction of sp³-hybridized carbons (Fsp3) is 0.750. The van der Waals surface area contributed by atoms with Crippen LogP contribution in [0.1, 0.15) is 90.4 Å². The van der Waals surface area contributed by atoms with Crippen LogP contribution >= 0.6 is 0 Å². The SMILES string of the molecule is C=CC(=O)OCCCCCCCCCC/C=C/CCCCC. The standard InChI is InChI=1S/C20H36O2/c1-3-5-6-7-8-9-10-11-12-13-14-15-16-17-18-19-22-20(21)4-2/h4,8-9H,2-3,5-7,10-19H2,1H3/b9-8+. The molecule has 0 aromatic heterocycles. The lowest BCUT2D eigenvalue weighted by atomic mass is 10.1. The highest BCUT2D eigenvalue weighted by Gasteiger charge is 1.95. The van der Waals surface area contributed by atoms with Crippen molar-refractivity contribution in [3.8, 4) is 0 Å². The average Bonchev–Trinajstić information content (AvgIpc) is 2.54. The molecule has 0 bridgehead atoms. The zero-order valence-electron chi connectivity index (χ0n) is 14.7. The number of carbonyl (C=O) groups excluding carboxylic acids is 1. The van der Waals surface area contributed by atoms with Crippen molar-refractivity contribution >= 4 is 5.97 Å². The molecule has 0 saturated carbocycles. The van der Waals surface area contributed by atoms with E-state index >= 15 is 0 Å². The first-order valence-corrected chi connectivity index (χ1v) is 9.25. The third-order valence-electron chi connectivity index (χ3n) is 3.82. The second kappa shape index (κ2) is 18.0. The topological polar surface area (TPSA) is 26.3 Å². The summed E-state index contributed by atoms with van der Waals surface area (Å²) >= 11 is 0. The van der Waals surface area contributed by atoms with Gasteiger partial charge in [0.25, 0.3) is 0 Å². The Morgan fingerprint density at radius 2 is 1.32 bits per heavy atom. The van der Waals surface area contributed by atoms with Gasteiger partial charge >= 0.3 is 5.97 Å². The summed E-state index contributed by atoms with van der Waals surface area (Å²) in [6.45, 7) is 6.16. The molecule has 0 fully saturated rings. The quantitative estimate of drug-likeness (QED) is 0.143. The molecule has 0 aliphatic carbocycles. The maximum atomic E-state index is 10.8. The summed E-state index contributed by atoms with van der Waals surface area (Å²) in [4.78, 5) is 10.8.